The van der Waals surface area contributed by atoms with Gasteiger partial charge in [0.2, 0.25) is 10.0 Å². The Bertz CT molecular complexity index is 988. The zero-order valence-electron chi connectivity index (χ0n) is 16.7. The molecule has 0 fully saturated rings. The van der Waals surface area contributed by atoms with Crippen molar-refractivity contribution in [2.45, 2.75) is 24.8 Å². The lowest BCUT2D eigenvalue weighted by Crippen LogP contribution is -2.30. The normalized spacial score (nSPS) is 12.3. The monoisotopic (exact) mass is 420 g/mol. The van der Waals surface area contributed by atoms with Crippen molar-refractivity contribution >= 4 is 27.6 Å². The van der Waals surface area contributed by atoms with Crippen molar-refractivity contribution in [1.29, 1.82) is 0 Å². The first-order valence-electron chi connectivity index (χ1n) is 8.93. The lowest BCUT2D eigenvalue weighted by atomic mass is 10.2. The minimum Gasteiger partial charge on any atom is -0.493 e. The minimum absolute atomic E-state index is 0.0376. The maximum atomic E-state index is 12.4. The summed E-state index contributed by atoms with van der Waals surface area (Å²) in [5.41, 5.74) is 0.489. The number of amides is 1. The number of rotatable bonds is 8. The molecule has 0 aliphatic carbocycles. The quantitative estimate of drug-likeness (QED) is 0.659. The molecule has 0 aromatic heterocycles. The van der Waals surface area contributed by atoms with E-state index in [1.54, 1.807) is 37.3 Å². The maximum Gasteiger partial charge on any atom is 0.342 e. The van der Waals surface area contributed by atoms with Crippen molar-refractivity contribution in [1.82, 2.24) is 4.31 Å². The largest absolute Gasteiger partial charge is 0.493 e. The number of nitrogens with zero attached hydrogens (tertiary/aromatic N) is 1. The number of esters is 1. The Morgan fingerprint density at radius 2 is 1.79 bits per heavy atom. The Hall–Kier alpha value is -2.91. The smallest absolute Gasteiger partial charge is 0.342 e. The van der Waals surface area contributed by atoms with Gasteiger partial charge in [0.25, 0.3) is 5.91 Å². The summed E-state index contributed by atoms with van der Waals surface area (Å²) < 4.78 is 36.2. The molecular formula is C20H24N2O6S. The van der Waals surface area contributed by atoms with Crippen LogP contribution in [0.2, 0.25) is 0 Å². The molecule has 1 amide bonds. The molecule has 0 unspecified atom stereocenters. The molecule has 1 N–H and O–H groups in total. The molecule has 0 spiro atoms. The van der Waals surface area contributed by atoms with Gasteiger partial charge in [-0.2, -0.15) is 0 Å². The van der Waals surface area contributed by atoms with Crippen LogP contribution in [0.3, 0.4) is 0 Å². The molecule has 0 saturated heterocycles. The highest BCUT2D eigenvalue weighted by Gasteiger charge is 2.22. The zero-order valence-corrected chi connectivity index (χ0v) is 17.5. The van der Waals surface area contributed by atoms with Crippen LogP contribution < -0.4 is 10.1 Å². The number of hydrogen-bond acceptors (Lipinski definition) is 6. The molecule has 9 heteroatoms. The van der Waals surface area contributed by atoms with E-state index < -0.39 is 28.0 Å². The van der Waals surface area contributed by atoms with Crippen LogP contribution in [0.4, 0.5) is 5.69 Å². The summed E-state index contributed by atoms with van der Waals surface area (Å²) in [6, 6.07) is 12.4. The highest BCUT2D eigenvalue weighted by molar-refractivity contribution is 7.89. The van der Waals surface area contributed by atoms with E-state index in [2.05, 4.69) is 5.32 Å². The summed E-state index contributed by atoms with van der Waals surface area (Å²) >= 11 is 0. The predicted molar refractivity (Wildman–Crippen MR) is 108 cm³/mol. The van der Waals surface area contributed by atoms with E-state index in [0.717, 1.165) is 4.31 Å². The lowest BCUT2D eigenvalue weighted by molar-refractivity contribution is -0.123. The molecule has 0 radical (unpaired) electrons. The number of sulfonamides is 1. The van der Waals surface area contributed by atoms with Crippen LogP contribution >= 0.6 is 0 Å². The van der Waals surface area contributed by atoms with E-state index >= 15 is 0 Å². The highest BCUT2D eigenvalue weighted by Crippen LogP contribution is 2.21. The Morgan fingerprint density at radius 3 is 2.45 bits per heavy atom. The van der Waals surface area contributed by atoms with Crippen molar-refractivity contribution in [3.05, 3.63) is 54.1 Å². The topological polar surface area (TPSA) is 102 Å². The van der Waals surface area contributed by atoms with Gasteiger partial charge in [-0.25, -0.2) is 17.5 Å². The summed E-state index contributed by atoms with van der Waals surface area (Å²) in [5.74, 6) is -0.915. The van der Waals surface area contributed by atoms with E-state index in [0.29, 0.717) is 12.4 Å². The van der Waals surface area contributed by atoms with E-state index in [-0.39, 0.29) is 16.1 Å². The molecule has 0 aliphatic heterocycles. The number of benzene rings is 2. The fourth-order valence-corrected chi connectivity index (χ4v) is 3.33. The average Bonchev–Trinajstić information content (AvgIpc) is 2.68. The van der Waals surface area contributed by atoms with E-state index in [1.165, 1.54) is 39.2 Å². The molecule has 0 heterocycles. The molecule has 156 valence electrons. The predicted octanol–water partition coefficient (Wildman–Crippen LogP) is 2.52. The van der Waals surface area contributed by atoms with Crippen molar-refractivity contribution < 1.29 is 27.5 Å². The third kappa shape index (κ3) is 5.55. The number of carbonyl (C=O) groups excluding carboxylic acids is 2. The number of para-hydroxylation sites is 1. The van der Waals surface area contributed by atoms with Gasteiger partial charge in [-0.05, 0) is 44.2 Å². The molecule has 2 aromatic carbocycles. The maximum absolute atomic E-state index is 12.4. The third-order valence-corrected chi connectivity index (χ3v) is 5.75. The van der Waals surface area contributed by atoms with Crippen molar-refractivity contribution in [2.24, 2.45) is 0 Å². The van der Waals surface area contributed by atoms with Crippen LogP contribution in [0.15, 0.2) is 53.4 Å². The second kappa shape index (κ2) is 9.53. The first-order valence-corrected chi connectivity index (χ1v) is 10.4. The summed E-state index contributed by atoms with van der Waals surface area (Å²) in [6.07, 6.45) is -1.11. The van der Waals surface area contributed by atoms with Gasteiger partial charge in [-0.3, -0.25) is 4.79 Å². The van der Waals surface area contributed by atoms with Crippen molar-refractivity contribution in [3.63, 3.8) is 0 Å². The number of ether oxygens (including phenoxy) is 2. The second-order valence-electron chi connectivity index (χ2n) is 6.28. The molecule has 8 nitrogen and oxygen atoms in total. The van der Waals surface area contributed by atoms with Crippen LogP contribution in [-0.4, -0.2) is 51.4 Å². The average molecular weight is 420 g/mol. The Balaban J connectivity index is 2.09. The number of nitrogens with one attached hydrogen (secondary N) is 1. The van der Waals surface area contributed by atoms with Crippen LogP contribution in [0, 0.1) is 0 Å². The first-order chi connectivity index (χ1) is 13.7. The lowest BCUT2D eigenvalue weighted by Gasteiger charge is -2.16. The van der Waals surface area contributed by atoms with Gasteiger partial charge in [0, 0.05) is 19.8 Å². The summed E-state index contributed by atoms with van der Waals surface area (Å²) in [6.45, 7) is 3.60. The van der Waals surface area contributed by atoms with Gasteiger partial charge in [-0.15, -0.1) is 0 Å². The third-order valence-electron chi connectivity index (χ3n) is 3.94. The number of hydrogen-bond donors (Lipinski definition) is 1. The van der Waals surface area contributed by atoms with Gasteiger partial charge in [0.05, 0.1) is 11.5 Å². The molecule has 0 aliphatic rings. The first kappa shape index (κ1) is 22.4. The molecule has 2 aromatic rings. The van der Waals surface area contributed by atoms with Crippen LogP contribution in [-0.2, 0) is 19.6 Å². The Morgan fingerprint density at radius 1 is 1.10 bits per heavy atom. The number of carbonyl (C=O) groups is 2. The minimum atomic E-state index is -3.64. The highest BCUT2D eigenvalue weighted by atomic mass is 32.2. The van der Waals surface area contributed by atoms with Crippen molar-refractivity contribution in [3.8, 4) is 5.75 Å². The van der Waals surface area contributed by atoms with Gasteiger partial charge >= 0.3 is 5.97 Å². The van der Waals surface area contributed by atoms with Crippen LogP contribution in [0.1, 0.15) is 24.2 Å². The van der Waals surface area contributed by atoms with E-state index in [9.17, 15) is 18.0 Å². The van der Waals surface area contributed by atoms with Gasteiger partial charge in [-0.1, -0.05) is 18.2 Å². The van der Waals surface area contributed by atoms with E-state index in [4.69, 9.17) is 9.47 Å². The molecule has 2 rings (SSSR count). The molecule has 29 heavy (non-hydrogen) atoms. The molecule has 1 atom stereocenters. The van der Waals surface area contributed by atoms with Gasteiger partial charge < -0.3 is 14.8 Å². The van der Waals surface area contributed by atoms with Gasteiger partial charge in [0.15, 0.2) is 6.10 Å². The summed E-state index contributed by atoms with van der Waals surface area (Å²) in [5, 5.41) is 2.56. The fraction of sp³-hybridized carbons (Fsp3) is 0.300. The Kier molecular flexibility index (Phi) is 7.35. The second-order valence-corrected chi connectivity index (χ2v) is 8.43. The number of anilines is 1. The van der Waals surface area contributed by atoms with Crippen LogP contribution in [0.25, 0.3) is 0 Å². The van der Waals surface area contributed by atoms with Crippen molar-refractivity contribution in [2.75, 3.05) is 26.0 Å². The molecular weight excluding hydrogens is 396 g/mol. The standard InChI is InChI=1S/C20H24N2O6S/c1-5-27-18-12-7-6-11-17(18)20(24)28-14(2)19(23)21-15-9-8-10-16(13-15)29(25,26)22(3)4/h6-14H,5H2,1-4H3,(H,21,23)/t14-/m1/s1. The summed E-state index contributed by atoms with van der Waals surface area (Å²) in [7, 11) is -0.800. The summed E-state index contributed by atoms with van der Waals surface area (Å²) in [4.78, 5) is 24.8. The van der Waals surface area contributed by atoms with E-state index in [1.807, 2.05) is 0 Å². The SMILES string of the molecule is CCOc1ccccc1C(=O)O[C@H](C)C(=O)Nc1cccc(S(=O)(=O)N(C)C)c1. The zero-order chi connectivity index (χ0) is 21.6. The molecule has 0 bridgehead atoms. The Labute approximate surface area is 170 Å². The fourth-order valence-electron chi connectivity index (χ4n) is 2.38. The van der Waals surface area contributed by atoms with Gasteiger partial charge in [0.1, 0.15) is 11.3 Å². The van der Waals surface area contributed by atoms with Crippen LogP contribution in [0.5, 0.6) is 5.75 Å². The molecule has 0 saturated carbocycles.